The zero-order valence-corrected chi connectivity index (χ0v) is 14.5. The Kier molecular flexibility index (Phi) is 6.21. The highest BCUT2D eigenvalue weighted by Gasteiger charge is 2.33. The summed E-state index contributed by atoms with van der Waals surface area (Å²) in [4.78, 5) is 26.3. The van der Waals surface area contributed by atoms with E-state index in [-0.39, 0.29) is 36.1 Å². The predicted octanol–water partition coefficient (Wildman–Crippen LogP) is 0.791. The van der Waals surface area contributed by atoms with Crippen molar-refractivity contribution in [2.45, 2.75) is 18.9 Å². The minimum atomic E-state index is -0.426. The van der Waals surface area contributed by atoms with E-state index in [4.69, 9.17) is 0 Å². The fraction of sp³-hybridized carbons (Fsp3) is 0.529. The number of benzene rings is 1. The molecule has 1 aliphatic carbocycles. The Balaban J connectivity index is 0.00000208. The number of carbonyl (C=O) groups is 2. The summed E-state index contributed by atoms with van der Waals surface area (Å²) < 4.78 is 0. The molecule has 6 nitrogen and oxygen atoms in total. The third-order valence-corrected chi connectivity index (χ3v) is 4.60. The highest BCUT2D eigenvalue weighted by molar-refractivity contribution is 6.05. The SMILES string of the molecule is CN(C(=O)C1CC1)c1ccccc1C(=O)NCC1CNCC1O.Cl. The topological polar surface area (TPSA) is 81.7 Å². The van der Waals surface area contributed by atoms with E-state index < -0.39 is 6.10 Å². The van der Waals surface area contributed by atoms with Gasteiger partial charge in [0.1, 0.15) is 0 Å². The van der Waals surface area contributed by atoms with E-state index in [0.717, 1.165) is 12.8 Å². The number of rotatable bonds is 5. The number of carbonyl (C=O) groups excluding carboxylic acids is 2. The summed E-state index contributed by atoms with van der Waals surface area (Å²) in [5.74, 6) is -0.0106. The number of para-hydroxylation sites is 1. The molecule has 132 valence electrons. The summed E-state index contributed by atoms with van der Waals surface area (Å²) in [6.07, 6.45) is 1.44. The molecule has 2 aliphatic rings. The zero-order chi connectivity index (χ0) is 16.4. The number of amides is 2. The quantitative estimate of drug-likeness (QED) is 0.731. The molecule has 1 aliphatic heterocycles. The van der Waals surface area contributed by atoms with E-state index in [1.165, 1.54) is 0 Å². The molecular weight excluding hydrogens is 330 g/mol. The summed E-state index contributed by atoms with van der Waals surface area (Å²) in [5, 5.41) is 15.8. The van der Waals surface area contributed by atoms with Crippen LogP contribution in [0.25, 0.3) is 0 Å². The molecule has 7 heteroatoms. The molecule has 24 heavy (non-hydrogen) atoms. The van der Waals surface area contributed by atoms with Crippen LogP contribution in [0.15, 0.2) is 24.3 Å². The molecule has 1 saturated heterocycles. The third kappa shape index (κ3) is 4.06. The minimum absolute atomic E-state index is 0. The monoisotopic (exact) mass is 353 g/mol. The minimum Gasteiger partial charge on any atom is -0.391 e. The first-order valence-corrected chi connectivity index (χ1v) is 8.11. The Morgan fingerprint density at radius 2 is 2.00 bits per heavy atom. The molecule has 2 fully saturated rings. The van der Waals surface area contributed by atoms with Gasteiger partial charge in [0.2, 0.25) is 5.91 Å². The van der Waals surface area contributed by atoms with Crippen LogP contribution in [0.2, 0.25) is 0 Å². The van der Waals surface area contributed by atoms with E-state index >= 15 is 0 Å². The average molecular weight is 354 g/mol. The Bertz CT molecular complexity index is 606. The number of anilines is 1. The molecule has 1 aromatic carbocycles. The molecule has 2 amide bonds. The predicted molar refractivity (Wildman–Crippen MR) is 94.5 cm³/mol. The molecule has 0 bridgehead atoms. The van der Waals surface area contributed by atoms with Crippen LogP contribution in [-0.2, 0) is 4.79 Å². The van der Waals surface area contributed by atoms with Gasteiger partial charge in [0.05, 0.1) is 17.4 Å². The van der Waals surface area contributed by atoms with Gasteiger partial charge in [-0.2, -0.15) is 0 Å². The number of aliphatic hydroxyl groups is 1. The summed E-state index contributed by atoms with van der Waals surface area (Å²) >= 11 is 0. The van der Waals surface area contributed by atoms with Crippen LogP contribution in [0.5, 0.6) is 0 Å². The number of nitrogens with one attached hydrogen (secondary N) is 2. The smallest absolute Gasteiger partial charge is 0.253 e. The second-order valence-electron chi connectivity index (χ2n) is 6.38. The van der Waals surface area contributed by atoms with Gasteiger partial charge in [-0.15, -0.1) is 12.4 Å². The van der Waals surface area contributed by atoms with Crippen LogP contribution in [0, 0.1) is 11.8 Å². The summed E-state index contributed by atoms with van der Waals surface area (Å²) in [5.41, 5.74) is 1.12. The fourth-order valence-corrected chi connectivity index (χ4v) is 2.93. The maximum Gasteiger partial charge on any atom is 0.253 e. The van der Waals surface area contributed by atoms with Crippen molar-refractivity contribution < 1.29 is 14.7 Å². The Labute approximate surface area is 148 Å². The second kappa shape index (κ2) is 7.96. The maximum absolute atomic E-state index is 12.5. The summed E-state index contributed by atoms with van der Waals surface area (Å²) in [6.45, 7) is 1.68. The van der Waals surface area contributed by atoms with Gasteiger partial charge in [-0.3, -0.25) is 9.59 Å². The third-order valence-electron chi connectivity index (χ3n) is 4.60. The van der Waals surface area contributed by atoms with Gasteiger partial charge < -0.3 is 20.6 Å². The van der Waals surface area contributed by atoms with Crippen LogP contribution in [0.4, 0.5) is 5.69 Å². The highest BCUT2D eigenvalue weighted by Crippen LogP contribution is 2.33. The van der Waals surface area contributed by atoms with Gasteiger partial charge in [-0.25, -0.2) is 0 Å². The molecule has 1 saturated carbocycles. The van der Waals surface area contributed by atoms with Crippen LogP contribution in [-0.4, -0.2) is 49.7 Å². The van der Waals surface area contributed by atoms with Crippen molar-refractivity contribution in [3.8, 4) is 0 Å². The van der Waals surface area contributed by atoms with Crippen molar-refractivity contribution in [1.82, 2.24) is 10.6 Å². The molecule has 3 rings (SSSR count). The Morgan fingerprint density at radius 1 is 1.29 bits per heavy atom. The maximum atomic E-state index is 12.5. The average Bonchev–Trinajstić information content (AvgIpc) is 3.34. The van der Waals surface area contributed by atoms with Gasteiger partial charge in [0, 0.05) is 38.5 Å². The van der Waals surface area contributed by atoms with E-state index in [1.54, 1.807) is 30.1 Å². The number of halogens is 1. The van der Waals surface area contributed by atoms with E-state index in [1.807, 2.05) is 6.07 Å². The highest BCUT2D eigenvalue weighted by atomic mass is 35.5. The number of nitrogens with zero attached hydrogens (tertiary/aromatic N) is 1. The number of β-amino-alcohol motifs (C(OH)–C–C–N with tert-alkyl or cyclic N) is 1. The Morgan fingerprint density at radius 3 is 2.62 bits per heavy atom. The summed E-state index contributed by atoms with van der Waals surface area (Å²) in [7, 11) is 1.72. The number of hydrogen-bond donors (Lipinski definition) is 3. The van der Waals surface area contributed by atoms with Crippen LogP contribution >= 0.6 is 12.4 Å². The van der Waals surface area contributed by atoms with E-state index in [9.17, 15) is 14.7 Å². The molecule has 1 aromatic rings. The zero-order valence-electron chi connectivity index (χ0n) is 13.7. The molecule has 3 N–H and O–H groups in total. The van der Waals surface area contributed by atoms with Gasteiger partial charge >= 0.3 is 0 Å². The fourth-order valence-electron chi connectivity index (χ4n) is 2.93. The lowest BCUT2D eigenvalue weighted by molar-refractivity contribution is -0.119. The van der Waals surface area contributed by atoms with Gasteiger partial charge in [-0.05, 0) is 25.0 Å². The largest absolute Gasteiger partial charge is 0.391 e. The van der Waals surface area contributed by atoms with Crippen molar-refractivity contribution in [2.75, 3.05) is 31.6 Å². The van der Waals surface area contributed by atoms with Crippen LogP contribution < -0.4 is 15.5 Å². The first kappa shape index (κ1) is 18.7. The lowest BCUT2D eigenvalue weighted by Crippen LogP contribution is -2.36. The van der Waals surface area contributed by atoms with Crippen LogP contribution in [0.3, 0.4) is 0 Å². The lowest BCUT2D eigenvalue weighted by Gasteiger charge is -2.21. The molecule has 2 atom stereocenters. The molecule has 1 heterocycles. The van der Waals surface area contributed by atoms with Crippen molar-refractivity contribution in [3.05, 3.63) is 29.8 Å². The van der Waals surface area contributed by atoms with E-state index in [2.05, 4.69) is 10.6 Å². The van der Waals surface area contributed by atoms with Gasteiger partial charge in [0.15, 0.2) is 0 Å². The second-order valence-corrected chi connectivity index (χ2v) is 6.38. The first-order valence-electron chi connectivity index (χ1n) is 8.11. The standard InChI is InChI=1S/C17H23N3O3.ClH/c1-20(17(23)11-6-7-11)14-5-3-2-4-13(14)16(22)19-9-12-8-18-10-15(12)21;/h2-5,11-12,15,18,21H,6-10H2,1H3,(H,19,22);1H. The van der Waals surface area contributed by atoms with E-state index in [0.29, 0.717) is 30.9 Å². The Hall–Kier alpha value is -1.63. The van der Waals surface area contributed by atoms with Crippen molar-refractivity contribution >= 4 is 29.9 Å². The molecule has 0 spiro atoms. The number of hydrogen-bond acceptors (Lipinski definition) is 4. The van der Waals surface area contributed by atoms with Crippen LogP contribution in [0.1, 0.15) is 23.2 Å². The molecule has 0 radical (unpaired) electrons. The molecular formula is C17H24ClN3O3. The lowest BCUT2D eigenvalue weighted by atomic mass is 10.1. The molecule has 2 unspecified atom stereocenters. The van der Waals surface area contributed by atoms with Crippen molar-refractivity contribution in [2.24, 2.45) is 11.8 Å². The van der Waals surface area contributed by atoms with Gasteiger partial charge in [-0.1, -0.05) is 12.1 Å². The number of aliphatic hydroxyl groups excluding tert-OH is 1. The normalized spacial score (nSPS) is 22.6. The molecule has 0 aromatic heterocycles. The summed E-state index contributed by atoms with van der Waals surface area (Å²) in [6, 6.07) is 7.14. The van der Waals surface area contributed by atoms with Crippen molar-refractivity contribution in [3.63, 3.8) is 0 Å². The first-order chi connectivity index (χ1) is 11.1. The van der Waals surface area contributed by atoms with Gasteiger partial charge in [0.25, 0.3) is 5.91 Å². The van der Waals surface area contributed by atoms with Crippen molar-refractivity contribution in [1.29, 1.82) is 0 Å².